The van der Waals surface area contributed by atoms with Crippen LogP contribution in [0.1, 0.15) is 26.7 Å². The number of hydrogen-bond donors (Lipinski definition) is 2. The fourth-order valence-electron chi connectivity index (χ4n) is 2.42. The summed E-state index contributed by atoms with van der Waals surface area (Å²) in [6.07, 6.45) is 0.651. The summed E-state index contributed by atoms with van der Waals surface area (Å²) in [6.45, 7) is 4.24. The van der Waals surface area contributed by atoms with Gasteiger partial charge in [-0.05, 0) is 5.92 Å². The van der Waals surface area contributed by atoms with Gasteiger partial charge in [-0.1, -0.05) is 20.3 Å². The molecule has 0 aromatic rings. The lowest BCUT2D eigenvalue weighted by molar-refractivity contribution is -0.148. The highest BCUT2D eigenvalue weighted by Crippen LogP contribution is 2.25. The van der Waals surface area contributed by atoms with Gasteiger partial charge in [-0.3, -0.25) is 9.59 Å². The van der Waals surface area contributed by atoms with Crippen LogP contribution < -0.4 is 5.32 Å². The maximum absolute atomic E-state index is 12.1. The van der Waals surface area contributed by atoms with Gasteiger partial charge in [0.05, 0.1) is 6.10 Å². The molecule has 0 aromatic carbocycles. The van der Waals surface area contributed by atoms with E-state index in [9.17, 15) is 14.7 Å². The molecule has 5 nitrogen and oxygen atoms in total. The average Bonchev–Trinajstić information content (AvgIpc) is 2.65. The largest absolute Gasteiger partial charge is 0.391 e. The van der Waals surface area contributed by atoms with Crippen LogP contribution in [-0.4, -0.2) is 46.6 Å². The first kappa shape index (κ1) is 11.4. The number of nitrogens with zero attached hydrogens (tertiary/aromatic N) is 1. The van der Waals surface area contributed by atoms with E-state index in [1.165, 1.54) is 4.90 Å². The summed E-state index contributed by atoms with van der Waals surface area (Å²) in [5.41, 5.74) is 0. The quantitative estimate of drug-likeness (QED) is 0.666. The molecule has 2 amide bonds. The zero-order valence-corrected chi connectivity index (χ0v) is 9.64. The second-order valence-electron chi connectivity index (χ2n) is 4.77. The van der Waals surface area contributed by atoms with Crippen LogP contribution in [0.2, 0.25) is 0 Å². The molecule has 2 heterocycles. The maximum Gasteiger partial charge on any atom is 0.246 e. The van der Waals surface area contributed by atoms with Crippen molar-refractivity contribution in [2.75, 3.05) is 6.54 Å². The summed E-state index contributed by atoms with van der Waals surface area (Å²) >= 11 is 0. The Hall–Kier alpha value is -1.10. The summed E-state index contributed by atoms with van der Waals surface area (Å²) in [7, 11) is 0. The van der Waals surface area contributed by atoms with Gasteiger partial charge in [0.15, 0.2) is 0 Å². The Kier molecular flexibility index (Phi) is 2.88. The fraction of sp³-hybridized carbons (Fsp3) is 0.818. The van der Waals surface area contributed by atoms with E-state index < -0.39 is 18.2 Å². The van der Waals surface area contributed by atoms with Crippen LogP contribution in [0.25, 0.3) is 0 Å². The second kappa shape index (κ2) is 4.05. The molecule has 2 aliphatic rings. The van der Waals surface area contributed by atoms with Crippen LogP contribution >= 0.6 is 0 Å². The Labute approximate surface area is 94.8 Å². The van der Waals surface area contributed by atoms with Crippen LogP contribution in [0, 0.1) is 5.92 Å². The number of amides is 2. The molecule has 2 fully saturated rings. The number of fused-ring (bicyclic) bond motifs is 1. The van der Waals surface area contributed by atoms with Crippen molar-refractivity contribution in [2.45, 2.75) is 44.9 Å². The van der Waals surface area contributed by atoms with Crippen molar-refractivity contribution in [3.05, 3.63) is 0 Å². The molecule has 0 aliphatic carbocycles. The molecule has 5 heteroatoms. The summed E-state index contributed by atoms with van der Waals surface area (Å²) in [4.78, 5) is 25.4. The molecule has 2 N–H and O–H groups in total. The summed E-state index contributed by atoms with van der Waals surface area (Å²) in [6, 6.07) is -0.873. The summed E-state index contributed by atoms with van der Waals surface area (Å²) in [5, 5.41) is 12.3. The summed E-state index contributed by atoms with van der Waals surface area (Å²) in [5.74, 6) is -0.0351. The van der Waals surface area contributed by atoms with Crippen molar-refractivity contribution in [1.29, 1.82) is 0 Å². The molecule has 3 unspecified atom stereocenters. The Balaban J connectivity index is 2.18. The fourth-order valence-corrected chi connectivity index (χ4v) is 2.42. The van der Waals surface area contributed by atoms with Crippen LogP contribution in [0.3, 0.4) is 0 Å². The molecule has 0 bridgehead atoms. The summed E-state index contributed by atoms with van der Waals surface area (Å²) < 4.78 is 0. The zero-order valence-electron chi connectivity index (χ0n) is 9.64. The molecule has 2 saturated heterocycles. The van der Waals surface area contributed by atoms with Crippen molar-refractivity contribution in [2.24, 2.45) is 5.92 Å². The SMILES string of the molecule is CCC(C)C1NC(=O)[C@@H]2CC(O)CN2C1=O. The predicted molar refractivity (Wildman–Crippen MR) is 57.5 cm³/mol. The first-order valence-electron chi connectivity index (χ1n) is 5.83. The van der Waals surface area contributed by atoms with E-state index in [0.717, 1.165) is 6.42 Å². The van der Waals surface area contributed by atoms with Crippen LogP contribution in [-0.2, 0) is 9.59 Å². The molecule has 90 valence electrons. The Morgan fingerprint density at radius 3 is 2.88 bits per heavy atom. The Bertz CT molecular complexity index is 314. The highest BCUT2D eigenvalue weighted by molar-refractivity contribution is 5.97. The lowest BCUT2D eigenvalue weighted by atomic mass is 9.95. The lowest BCUT2D eigenvalue weighted by Gasteiger charge is -2.36. The van der Waals surface area contributed by atoms with Gasteiger partial charge in [0, 0.05) is 13.0 Å². The first-order chi connectivity index (χ1) is 7.54. The van der Waals surface area contributed by atoms with Gasteiger partial charge in [0.25, 0.3) is 0 Å². The first-order valence-corrected chi connectivity index (χ1v) is 5.83. The second-order valence-corrected chi connectivity index (χ2v) is 4.77. The number of hydrogen-bond acceptors (Lipinski definition) is 3. The van der Waals surface area contributed by atoms with Gasteiger partial charge >= 0.3 is 0 Å². The van der Waals surface area contributed by atoms with Crippen LogP contribution in [0.5, 0.6) is 0 Å². The van der Waals surface area contributed by atoms with Crippen LogP contribution in [0.4, 0.5) is 0 Å². The van der Waals surface area contributed by atoms with Crippen molar-refractivity contribution in [3.63, 3.8) is 0 Å². The minimum absolute atomic E-state index is 0.0458. The number of nitrogens with one attached hydrogen (secondary N) is 1. The molecule has 0 aromatic heterocycles. The molecule has 4 atom stereocenters. The van der Waals surface area contributed by atoms with E-state index in [1.54, 1.807) is 0 Å². The third-order valence-electron chi connectivity index (χ3n) is 3.64. The van der Waals surface area contributed by atoms with Crippen molar-refractivity contribution in [1.82, 2.24) is 10.2 Å². The maximum atomic E-state index is 12.1. The molecule has 16 heavy (non-hydrogen) atoms. The molecule has 0 radical (unpaired) electrons. The number of rotatable bonds is 2. The minimum atomic E-state index is -0.560. The van der Waals surface area contributed by atoms with Gasteiger partial charge < -0.3 is 15.3 Å². The average molecular weight is 226 g/mol. The number of piperazine rings is 1. The van der Waals surface area contributed by atoms with Gasteiger partial charge in [0.2, 0.25) is 11.8 Å². The zero-order chi connectivity index (χ0) is 11.9. The standard InChI is InChI=1S/C11H18N2O3/c1-3-6(2)9-11(16)13-5-7(14)4-8(13)10(15)12-9/h6-9,14H,3-5H2,1-2H3,(H,12,15)/t6?,7?,8-,9?/m0/s1. The lowest BCUT2D eigenvalue weighted by Crippen LogP contribution is -2.62. The number of aliphatic hydroxyl groups is 1. The molecule has 2 aliphatic heterocycles. The van der Waals surface area contributed by atoms with Crippen molar-refractivity contribution in [3.8, 4) is 0 Å². The Morgan fingerprint density at radius 1 is 1.56 bits per heavy atom. The highest BCUT2D eigenvalue weighted by atomic mass is 16.3. The van der Waals surface area contributed by atoms with Gasteiger partial charge in [-0.25, -0.2) is 0 Å². The number of aliphatic hydroxyl groups excluding tert-OH is 1. The van der Waals surface area contributed by atoms with Crippen molar-refractivity contribution < 1.29 is 14.7 Å². The van der Waals surface area contributed by atoms with Gasteiger partial charge in [-0.2, -0.15) is 0 Å². The van der Waals surface area contributed by atoms with E-state index in [0.29, 0.717) is 13.0 Å². The predicted octanol–water partition coefficient (Wildman–Crippen LogP) is -0.507. The molecule has 0 saturated carbocycles. The number of carbonyl (C=O) groups is 2. The monoisotopic (exact) mass is 226 g/mol. The number of carbonyl (C=O) groups excluding carboxylic acids is 2. The third kappa shape index (κ3) is 1.69. The molecular weight excluding hydrogens is 208 g/mol. The normalized spacial score (nSPS) is 35.9. The minimum Gasteiger partial charge on any atom is -0.391 e. The van der Waals surface area contributed by atoms with E-state index in [-0.39, 0.29) is 17.7 Å². The van der Waals surface area contributed by atoms with E-state index in [4.69, 9.17) is 0 Å². The topological polar surface area (TPSA) is 69.6 Å². The van der Waals surface area contributed by atoms with E-state index in [1.807, 2.05) is 13.8 Å². The van der Waals surface area contributed by atoms with E-state index >= 15 is 0 Å². The van der Waals surface area contributed by atoms with Gasteiger partial charge in [0.1, 0.15) is 12.1 Å². The molecular formula is C11H18N2O3. The Morgan fingerprint density at radius 2 is 2.25 bits per heavy atom. The molecule has 0 spiro atoms. The van der Waals surface area contributed by atoms with Gasteiger partial charge in [-0.15, -0.1) is 0 Å². The van der Waals surface area contributed by atoms with Crippen molar-refractivity contribution >= 4 is 11.8 Å². The molecule has 2 rings (SSSR count). The third-order valence-corrected chi connectivity index (χ3v) is 3.64. The van der Waals surface area contributed by atoms with Crippen LogP contribution in [0.15, 0.2) is 0 Å². The van der Waals surface area contributed by atoms with E-state index in [2.05, 4.69) is 5.32 Å². The highest BCUT2D eigenvalue weighted by Gasteiger charge is 2.46. The smallest absolute Gasteiger partial charge is 0.246 e.